The van der Waals surface area contributed by atoms with E-state index in [-0.39, 0.29) is 18.0 Å². The summed E-state index contributed by atoms with van der Waals surface area (Å²) in [5, 5.41) is 3.24. The SMILES string of the molecule is CC[C@@H](C(=O)Nc1ccccc1C(C)C)N(c1cc(Cl)ccc1OC)S(C)(=O)=O. The predicted molar refractivity (Wildman–Crippen MR) is 119 cm³/mol. The first-order valence-electron chi connectivity index (χ1n) is 9.32. The molecule has 0 bridgehead atoms. The van der Waals surface area contributed by atoms with Gasteiger partial charge in [0.2, 0.25) is 15.9 Å². The predicted octanol–water partition coefficient (Wildman–Crippen LogP) is 4.66. The fraction of sp³-hybridized carbons (Fsp3) is 0.381. The van der Waals surface area contributed by atoms with Crippen LogP contribution in [0.3, 0.4) is 0 Å². The van der Waals surface area contributed by atoms with Crippen molar-refractivity contribution in [2.75, 3.05) is 23.0 Å². The van der Waals surface area contributed by atoms with Crippen molar-refractivity contribution in [3.8, 4) is 5.75 Å². The highest BCUT2D eigenvalue weighted by Crippen LogP contribution is 2.35. The second-order valence-electron chi connectivity index (χ2n) is 7.03. The van der Waals surface area contributed by atoms with Crippen LogP contribution < -0.4 is 14.4 Å². The maximum absolute atomic E-state index is 13.2. The molecule has 158 valence electrons. The summed E-state index contributed by atoms with van der Waals surface area (Å²) in [7, 11) is -2.37. The molecule has 1 N–H and O–H groups in total. The summed E-state index contributed by atoms with van der Waals surface area (Å²) in [6.45, 7) is 5.82. The second-order valence-corrected chi connectivity index (χ2v) is 9.33. The first kappa shape index (κ1) is 23.0. The lowest BCUT2D eigenvalue weighted by molar-refractivity contribution is -0.117. The molecule has 1 atom stereocenters. The van der Waals surface area contributed by atoms with E-state index in [1.54, 1.807) is 19.1 Å². The smallest absolute Gasteiger partial charge is 0.248 e. The summed E-state index contributed by atoms with van der Waals surface area (Å²) < 4.78 is 31.8. The third kappa shape index (κ3) is 5.42. The van der Waals surface area contributed by atoms with Gasteiger partial charge in [0.05, 0.1) is 19.1 Å². The molecule has 29 heavy (non-hydrogen) atoms. The van der Waals surface area contributed by atoms with E-state index >= 15 is 0 Å². The second kappa shape index (κ2) is 9.50. The number of methoxy groups -OCH3 is 1. The maximum Gasteiger partial charge on any atom is 0.248 e. The number of para-hydroxylation sites is 1. The van der Waals surface area contributed by atoms with Crippen molar-refractivity contribution in [1.82, 2.24) is 0 Å². The number of rotatable bonds is 8. The summed E-state index contributed by atoms with van der Waals surface area (Å²) in [6.07, 6.45) is 1.32. The molecule has 0 saturated carbocycles. The average Bonchev–Trinajstić information content (AvgIpc) is 2.65. The lowest BCUT2D eigenvalue weighted by Crippen LogP contribution is -2.47. The van der Waals surface area contributed by atoms with Crippen LogP contribution in [0, 0.1) is 0 Å². The molecule has 0 aromatic heterocycles. The van der Waals surface area contributed by atoms with Crippen molar-refractivity contribution in [1.29, 1.82) is 0 Å². The number of nitrogens with zero attached hydrogens (tertiary/aromatic N) is 1. The van der Waals surface area contributed by atoms with Gasteiger partial charge < -0.3 is 10.1 Å². The van der Waals surface area contributed by atoms with Gasteiger partial charge in [-0.3, -0.25) is 9.10 Å². The van der Waals surface area contributed by atoms with Crippen LogP contribution in [-0.4, -0.2) is 33.7 Å². The van der Waals surface area contributed by atoms with Crippen LogP contribution in [0.25, 0.3) is 0 Å². The molecule has 2 rings (SSSR count). The molecule has 0 heterocycles. The zero-order chi connectivity index (χ0) is 21.8. The van der Waals surface area contributed by atoms with E-state index in [0.29, 0.717) is 16.5 Å². The van der Waals surface area contributed by atoms with E-state index in [2.05, 4.69) is 5.32 Å². The number of amides is 1. The van der Waals surface area contributed by atoms with Crippen molar-refractivity contribution in [2.45, 2.75) is 39.2 Å². The average molecular weight is 439 g/mol. The van der Waals surface area contributed by atoms with Gasteiger partial charge in [0.15, 0.2) is 0 Å². The summed E-state index contributed by atoms with van der Waals surface area (Å²) in [4.78, 5) is 13.2. The summed E-state index contributed by atoms with van der Waals surface area (Å²) in [6, 6.07) is 11.2. The Hall–Kier alpha value is -2.25. The Bertz CT molecular complexity index is 976. The van der Waals surface area contributed by atoms with Gasteiger partial charge in [-0.25, -0.2) is 8.42 Å². The largest absolute Gasteiger partial charge is 0.495 e. The van der Waals surface area contributed by atoms with E-state index in [4.69, 9.17) is 16.3 Å². The zero-order valence-corrected chi connectivity index (χ0v) is 18.8. The molecule has 0 unspecified atom stereocenters. The number of carbonyl (C=O) groups is 1. The molecule has 0 aliphatic heterocycles. The monoisotopic (exact) mass is 438 g/mol. The van der Waals surface area contributed by atoms with Gasteiger partial charge >= 0.3 is 0 Å². The van der Waals surface area contributed by atoms with Gasteiger partial charge in [-0.1, -0.05) is 50.6 Å². The molecule has 8 heteroatoms. The third-order valence-corrected chi connectivity index (χ3v) is 5.95. The molecule has 0 saturated heterocycles. The van der Waals surface area contributed by atoms with Crippen molar-refractivity contribution < 1.29 is 17.9 Å². The molecule has 0 fully saturated rings. The van der Waals surface area contributed by atoms with Crippen molar-refractivity contribution in [2.24, 2.45) is 0 Å². The number of halogens is 1. The third-order valence-electron chi connectivity index (χ3n) is 4.55. The number of benzene rings is 2. The van der Waals surface area contributed by atoms with Gasteiger partial charge in [0.1, 0.15) is 11.8 Å². The summed E-state index contributed by atoms with van der Waals surface area (Å²) >= 11 is 6.10. The molecule has 2 aromatic carbocycles. The Morgan fingerprint density at radius 2 is 1.86 bits per heavy atom. The van der Waals surface area contributed by atoms with Crippen LogP contribution in [0.4, 0.5) is 11.4 Å². The van der Waals surface area contributed by atoms with Crippen LogP contribution in [0.1, 0.15) is 38.7 Å². The minimum Gasteiger partial charge on any atom is -0.495 e. The van der Waals surface area contributed by atoms with E-state index < -0.39 is 22.0 Å². The molecular formula is C21H27ClN2O4S. The number of nitrogens with one attached hydrogen (secondary N) is 1. The van der Waals surface area contributed by atoms with Crippen molar-refractivity contribution >= 4 is 38.9 Å². The van der Waals surface area contributed by atoms with Crippen LogP contribution >= 0.6 is 11.6 Å². The highest BCUT2D eigenvalue weighted by molar-refractivity contribution is 7.92. The Morgan fingerprint density at radius 1 is 1.21 bits per heavy atom. The minimum atomic E-state index is -3.81. The number of ether oxygens (including phenoxy) is 1. The summed E-state index contributed by atoms with van der Waals surface area (Å²) in [5.41, 5.74) is 1.86. The van der Waals surface area contributed by atoms with Crippen molar-refractivity contribution in [3.05, 3.63) is 53.1 Å². The summed E-state index contributed by atoms with van der Waals surface area (Å²) in [5.74, 6) is 0.0901. The standard InChI is InChI=1S/C21H27ClN2O4S/c1-6-18(21(25)23-17-10-8-7-9-16(17)14(2)3)24(29(5,26)27)19-13-15(22)11-12-20(19)28-4/h7-14,18H,6H2,1-5H3,(H,23,25)/t18-/m0/s1. The van der Waals surface area contributed by atoms with Gasteiger partial charge in [-0.15, -0.1) is 0 Å². The fourth-order valence-corrected chi connectivity index (χ4v) is 4.57. The number of anilines is 2. The highest BCUT2D eigenvalue weighted by atomic mass is 35.5. The van der Waals surface area contributed by atoms with Gasteiger partial charge in [0, 0.05) is 10.7 Å². The van der Waals surface area contributed by atoms with Crippen LogP contribution in [0.15, 0.2) is 42.5 Å². The molecule has 6 nitrogen and oxygen atoms in total. The fourth-order valence-electron chi connectivity index (χ4n) is 3.20. The Balaban J connectivity index is 2.51. The molecular weight excluding hydrogens is 412 g/mol. The quantitative estimate of drug-likeness (QED) is 0.650. The molecule has 0 aliphatic carbocycles. The molecule has 0 spiro atoms. The van der Waals surface area contributed by atoms with E-state index in [0.717, 1.165) is 16.1 Å². The van der Waals surface area contributed by atoms with Crippen LogP contribution in [0.2, 0.25) is 5.02 Å². The minimum absolute atomic E-state index is 0.200. The van der Waals surface area contributed by atoms with Crippen LogP contribution in [-0.2, 0) is 14.8 Å². The number of hydrogen-bond acceptors (Lipinski definition) is 4. The number of sulfonamides is 1. The van der Waals surface area contributed by atoms with E-state index in [9.17, 15) is 13.2 Å². The topological polar surface area (TPSA) is 75.7 Å². The van der Waals surface area contributed by atoms with Gasteiger partial charge in [-0.05, 0) is 42.2 Å². The Labute approximate surface area is 177 Å². The highest BCUT2D eigenvalue weighted by Gasteiger charge is 2.34. The Morgan fingerprint density at radius 3 is 2.41 bits per heavy atom. The number of hydrogen-bond donors (Lipinski definition) is 1. The maximum atomic E-state index is 13.2. The molecule has 0 radical (unpaired) electrons. The first-order valence-corrected chi connectivity index (χ1v) is 11.6. The van der Waals surface area contributed by atoms with E-state index in [1.165, 1.54) is 13.2 Å². The number of carbonyl (C=O) groups excluding carboxylic acids is 1. The Kier molecular flexibility index (Phi) is 7.54. The molecule has 1 amide bonds. The van der Waals surface area contributed by atoms with Crippen LogP contribution in [0.5, 0.6) is 5.75 Å². The first-order chi connectivity index (χ1) is 13.6. The normalized spacial score (nSPS) is 12.5. The lowest BCUT2D eigenvalue weighted by atomic mass is 10.0. The van der Waals surface area contributed by atoms with E-state index in [1.807, 2.05) is 38.1 Å². The van der Waals surface area contributed by atoms with Crippen molar-refractivity contribution in [3.63, 3.8) is 0 Å². The molecule has 2 aromatic rings. The zero-order valence-electron chi connectivity index (χ0n) is 17.3. The molecule has 0 aliphatic rings. The lowest BCUT2D eigenvalue weighted by Gasteiger charge is -2.31. The van der Waals surface area contributed by atoms with Gasteiger partial charge in [0.25, 0.3) is 0 Å². The van der Waals surface area contributed by atoms with Gasteiger partial charge in [-0.2, -0.15) is 0 Å².